The molecular formula is C17H17ClFN3OS. The second kappa shape index (κ2) is 7.40. The van der Waals surface area contributed by atoms with Gasteiger partial charge in [-0.05, 0) is 42.3 Å². The van der Waals surface area contributed by atoms with E-state index in [0.717, 1.165) is 22.6 Å². The fourth-order valence-electron chi connectivity index (χ4n) is 2.65. The van der Waals surface area contributed by atoms with Gasteiger partial charge in [0, 0.05) is 23.9 Å². The van der Waals surface area contributed by atoms with E-state index in [1.807, 2.05) is 0 Å². The average Bonchev–Trinajstić information content (AvgIpc) is 2.56. The van der Waals surface area contributed by atoms with Crippen molar-refractivity contribution in [3.8, 4) is 0 Å². The topological polar surface area (TPSA) is 45.2 Å². The van der Waals surface area contributed by atoms with Crippen molar-refractivity contribution in [1.29, 1.82) is 0 Å². The van der Waals surface area contributed by atoms with Gasteiger partial charge in [-0.1, -0.05) is 11.6 Å². The van der Waals surface area contributed by atoms with Gasteiger partial charge in [0.15, 0.2) is 0 Å². The molecule has 2 aromatic rings. The predicted molar refractivity (Wildman–Crippen MR) is 95.1 cm³/mol. The lowest BCUT2D eigenvalue weighted by atomic mass is 10.0. The van der Waals surface area contributed by atoms with E-state index < -0.39 is 0 Å². The van der Waals surface area contributed by atoms with Crippen LogP contribution in [-0.4, -0.2) is 30.2 Å². The van der Waals surface area contributed by atoms with Crippen molar-refractivity contribution in [2.75, 3.05) is 24.2 Å². The normalized spacial score (nSPS) is 16.4. The zero-order valence-corrected chi connectivity index (χ0v) is 14.7. The number of carbonyl (C=O) groups is 1. The van der Waals surface area contributed by atoms with Crippen LogP contribution >= 0.6 is 23.4 Å². The van der Waals surface area contributed by atoms with Crippen molar-refractivity contribution in [3.05, 3.63) is 52.9 Å². The van der Waals surface area contributed by atoms with Gasteiger partial charge in [-0.15, -0.1) is 11.8 Å². The minimum Gasteiger partial charge on any atom is -0.350 e. The third-order valence-corrected chi connectivity index (χ3v) is 5.18. The number of halogens is 2. The van der Waals surface area contributed by atoms with Crippen LogP contribution in [0.5, 0.6) is 0 Å². The third-order valence-electron chi connectivity index (χ3n) is 3.83. The molecule has 24 heavy (non-hydrogen) atoms. The number of thioether (sulfide) groups is 1. The quantitative estimate of drug-likeness (QED) is 0.898. The Labute approximate surface area is 149 Å². The van der Waals surface area contributed by atoms with Crippen LogP contribution in [0.3, 0.4) is 0 Å². The third kappa shape index (κ3) is 3.99. The number of hydrogen-bond acceptors (Lipinski definition) is 4. The summed E-state index contributed by atoms with van der Waals surface area (Å²) >= 11 is 7.51. The summed E-state index contributed by atoms with van der Waals surface area (Å²) in [6, 6.07) is 8.08. The Hall–Kier alpha value is -1.79. The Morgan fingerprint density at radius 1 is 1.46 bits per heavy atom. The number of amides is 1. The van der Waals surface area contributed by atoms with E-state index in [-0.39, 0.29) is 24.3 Å². The van der Waals surface area contributed by atoms with E-state index in [9.17, 15) is 9.18 Å². The molecule has 1 aliphatic rings. The number of likely N-dealkylation sites (N-methyl/N-ethyl adjacent to an activating group) is 1. The van der Waals surface area contributed by atoms with Gasteiger partial charge in [-0.3, -0.25) is 4.79 Å². The summed E-state index contributed by atoms with van der Waals surface area (Å²) < 4.78 is 13.5. The lowest BCUT2D eigenvalue weighted by molar-refractivity contribution is -0.120. The molecule has 1 aliphatic heterocycles. The molecule has 1 unspecified atom stereocenters. The van der Waals surface area contributed by atoms with Gasteiger partial charge in [0.1, 0.15) is 11.6 Å². The lowest BCUT2D eigenvalue weighted by Crippen LogP contribution is -2.38. The molecule has 4 nitrogen and oxygen atoms in total. The number of hydrogen-bond donors (Lipinski definition) is 1. The highest BCUT2D eigenvalue weighted by molar-refractivity contribution is 7.99. The number of rotatable bonds is 4. The first-order chi connectivity index (χ1) is 11.5. The highest BCUT2D eigenvalue weighted by atomic mass is 35.5. The standard InChI is InChI=1S/C17H17ClFN3OS/c1-22(16-5-2-11(18)9-20-16)10-17(23)21-14-6-7-24-15-4-3-12(19)8-13(14)15/h2-5,8-9,14H,6-7,10H2,1H3,(H,21,23). The second-order valence-corrected chi connectivity index (χ2v) is 7.20. The molecule has 7 heteroatoms. The summed E-state index contributed by atoms with van der Waals surface area (Å²) in [4.78, 5) is 19.3. The van der Waals surface area contributed by atoms with Crippen molar-refractivity contribution in [2.45, 2.75) is 17.4 Å². The van der Waals surface area contributed by atoms with Crippen LogP contribution in [0.15, 0.2) is 41.4 Å². The first kappa shape index (κ1) is 17.0. The van der Waals surface area contributed by atoms with Gasteiger partial charge in [-0.2, -0.15) is 0 Å². The molecule has 0 radical (unpaired) electrons. The first-order valence-corrected chi connectivity index (χ1v) is 8.93. The molecule has 3 rings (SSSR count). The number of nitrogens with zero attached hydrogens (tertiary/aromatic N) is 2. The summed E-state index contributed by atoms with van der Waals surface area (Å²) in [5.41, 5.74) is 0.854. The minimum atomic E-state index is -0.280. The molecule has 2 heterocycles. The van der Waals surface area contributed by atoms with Crippen molar-refractivity contribution >= 4 is 35.1 Å². The van der Waals surface area contributed by atoms with Gasteiger partial charge in [0.25, 0.3) is 0 Å². The molecule has 126 valence electrons. The highest BCUT2D eigenvalue weighted by Crippen LogP contribution is 2.36. The zero-order chi connectivity index (χ0) is 17.1. The van der Waals surface area contributed by atoms with E-state index in [1.54, 1.807) is 48.1 Å². The van der Waals surface area contributed by atoms with Crippen molar-refractivity contribution in [3.63, 3.8) is 0 Å². The molecule has 1 amide bonds. The molecule has 0 saturated heterocycles. The van der Waals surface area contributed by atoms with E-state index in [0.29, 0.717) is 10.8 Å². The van der Waals surface area contributed by atoms with Gasteiger partial charge in [-0.25, -0.2) is 9.37 Å². The molecule has 0 spiro atoms. The van der Waals surface area contributed by atoms with Gasteiger partial charge in [0.2, 0.25) is 5.91 Å². The molecular weight excluding hydrogens is 349 g/mol. The Morgan fingerprint density at radius 2 is 2.29 bits per heavy atom. The summed E-state index contributed by atoms with van der Waals surface area (Å²) in [6.07, 6.45) is 2.33. The lowest BCUT2D eigenvalue weighted by Gasteiger charge is -2.27. The van der Waals surface area contributed by atoms with Crippen LogP contribution in [0.4, 0.5) is 10.2 Å². The summed E-state index contributed by atoms with van der Waals surface area (Å²) in [7, 11) is 1.79. The maximum Gasteiger partial charge on any atom is 0.240 e. The van der Waals surface area contributed by atoms with Crippen LogP contribution in [0, 0.1) is 5.82 Å². The van der Waals surface area contributed by atoms with Gasteiger partial charge >= 0.3 is 0 Å². The number of nitrogens with one attached hydrogen (secondary N) is 1. The average molecular weight is 366 g/mol. The Kier molecular flexibility index (Phi) is 5.26. The van der Waals surface area contributed by atoms with Crippen molar-refractivity contribution in [1.82, 2.24) is 10.3 Å². The number of fused-ring (bicyclic) bond motifs is 1. The molecule has 1 atom stereocenters. The monoisotopic (exact) mass is 365 g/mol. The number of pyridine rings is 1. The van der Waals surface area contributed by atoms with Gasteiger partial charge in [0.05, 0.1) is 17.6 Å². The SMILES string of the molecule is CN(CC(=O)NC1CCSc2ccc(F)cc21)c1ccc(Cl)cn1. The van der Waals surface area contributed by atoms with E-state index in [4.69, 9.17) is 11.6 Å². The van der Waals surface area contributed by atoms with Crippen LogP contribution in [-0.2, 0) is 4.79 Å². The smallest absolute Gasteiger partial charge is 0.240 e. The Morgan fingerprint density at radius 3 is 3.04 bits per heavy atom. The van der Waals surface area contributed by atoms with Crippen molar-refractivity contribution < 1.29 is 9.18 Å². The van der Waals surface area contributed by atoms with E-state index in [1.165, 1.54) is 12.1 Å². The molecule has 0 bridgehead atoms. The van der Waals surface area contributed by atoms with Crippen LogP contribution in [0.25, 0.3) is 0 Å². The van der Waals surface area contributed by atoms with Crippen LogP contribution in [0.2, 0.25) is 5.02 Å². The molecule has 0 aliphatic carbocycles. The predicted octanol–water partition coefficient (Wildman–Crippen LogP) is 3.66. The van der Waals surface area contributed by atoms with E-state index in [2.05, 4.69) is 10.3 Å². The molecule has 1 aromatic heterocycles. The number of carbonyl (C=O) groups excluding carboxylic acids is 1. The fourth-order valence-corrected chi connectivity index (χ4v) is 3.86. The summed E-state index contributed by atoms with van der Waals surface area (Å²) in [6.45, 7) is 0.170. The summed E-state index contributed by atoms with van der Waals surface area (Å²) in [5.74, 6) is 1.16. The maximum atomic E-state index is 13.5. The maximum absolute atomic E-state index is 13.5. The number of anilines is 1. The second-order valence-electron chi connectivity index (χ2n) is 5.63. The molecule has 1 aromatic carbocycles. The zero-order valence-electron chi connectivity index (χ0n) is 13.1. The summed E-state index contributed by atoms with van der Waals surface area (Å²) in [5, 5.41) is 3.55. The number of benzene rings is 1. The minimum absolute atomic E-state index is 0.124. The Balaban J connectivity index is 1.65. The first-order valence-electron chi connectivity index (χ1n) is 7.57. The van der Waals surface area contributed by atoms with Crippen LogP contribution < -0.4 is 10.2 Å². The Bertz CT molecular complexity index is 741. The molecule has 0 fully saturated rings. The highest BCUT2D eigenvalue weighted by Gasteiger charge is 2.23. The number of aromatic nitrogens is 1. The van der Waals surface area contributed by atoms with E-state index >= 15 is 0 Å². The van der Waals surface area contributed by atoms with Gasteiger partial charge < -0.3 is 10.2 Å². The molecule has 0 saturated carbocycles. The van der Waals surface area contributed by atoms with Crippen LogP contribution in [0.1, 0.15) is 18.0 Å². The largest absolute Gasteiger partial charge is 0.350 e. The fraction of sp³-hybridized carbons (Fsp3) is 0.294. The molecule has 1 N–H and O–H groups in total. The van der Waals surface area contributed by atoms with Crippen molar-refractivity contribution in [2.24, 2.45) is 0 Å².